The van der Waals surface area contributed by atoms with Gasteiger partial charge in [0.05, 0.1) is 0 Å². The van der Waals surface area contributed by atoms with Gasteiger partial charge in [0.2, 0.25) is 0 Å². The molecule has 0 fully saturated rings. The van der Waals surface area contributed by atoms with Gasteiger partial charge in [-0.25, -0.2) is 0 Å². The van der Waals surface area contributed by atoms with Crippen molar-refractivity contribution in [1.82, 2.24) is 0 Å². The fraction of sp³-hybridized carbons (Fsp3) is 0.143. The SMILES string of the molecule is Cc1cc(Oc2ccccc2O)cc(C)c1O. The standard InChI is InChI=1S/C14H14O3/c1-9-7-11(8-10(2)14(9)16)17-13-6-4-3-5-12(13)15/h3-8,15-16H,1-2H3. The zero-order chi connectivity index (χ0) is 12.4. The molecule has 0 spiro atoms. The van der Waals surface area contributed by atoms with E-state index in [-0.39, 0.29) is 11.5 Å². The number of ether oxygens (including phenoxy) is 1. The Hall–Kier alpha value is -2.16. The van der Waals surface area contributed by atoms with Gasteiger partial charge in [0.15, 0.2) is 11.5 Å². The van der Waals surface area contributed by atoms with Gasteiger partial charge in [-0.2, -0.15) is 0 Å². The molecule has 2 aromatic rings. The fourth-order valence-corrected chi connectivity index (χ4v) is 1.65. The monoisotopic (exact) mass is 230 g/mol. The topological polar surface area (TPSA) is 49.7 Å². The Bertz CT molecular complexity index is 524. The highest BCUT2D eigenvalue weighted by molar-refractivity contribution is 5.48. The van der Waals surface area contributed by atoms with Gasteiger partial charge in [0, 0.05) is 0 Å². The molecule has 0 saturated heterocycles. The Labute approximate surface area is 99.9 Å². The molecule has 0 saturated carbocycles. The van der Waals surface area contributed by atoms with Crippen LogP contribution in [-0.4, -0.2) is 10.2 Å². The third-order valence-electron chi connectivity index (χ3n) is 2.56. The molecule has 0 unspecified atom stereocenters. The molecule has 0 atom stereocenters. The van der Waals surface area contributed by atoms with Crippen LogP contribution in [0.3, 0.4) is 0 Å². The van der Waals surface area contributed by atoms with Crippen LogP contribution in [0.1, 0.15) is 11.1 Å². The van der Waals surface area contributed by atoms with E-state index in [1.807, 2.05) is 0 Å². The first-order valence-electron chi connectivity index (χ1n) is 5.34. The molecule has 0 heterocycles. The second-order valence-corrected chi connectivity index (χ2v) is 3.98. The summed E-state index contributed by atoms with van der Waals surface area (Å²) < 4.78 is 5.56. The number of phenolic OH excluding ortho intramolecular Hbond substituents is 2. The number of rotatable bonds is 2. The molecular formula is C14H14O3. The smallest absolute Gasteiger partial charge is 0.169 e. The second-order valence-electron chi connectivity index (χ2n) is 3.98. The largest absolute Gasteiger partial charge is 0.507 e. The third kappa shape index (κ3) is 2.33. The zero-order valence-electron chi connectivity index (χ0n) is 9.77. The summed E-state index contributed by atoms with van der Waals surface area (Å²) in [4.78, 5) is 0. The van der Waals surface area contributed by atoms with Crippen molar-refractivity contribution in [3.05, 3.63) is 47.5 Å². The van der Waals surface area contributed by atoms with Gasteiger partial charge in [-0.15, -0.1) is 0 Å². The highest BCUT2D eigenvalue weighted by atomic mass is 16.5. The van der Waals surface area contributed by atoms with Gasteiger partial charge in [-0.1, -0.05) is 12.1 Å². The first-order chi connectivity index (χ1) is 8.08. The Kier molecular flexibility index (Phi) is 2.91. The average molecular weight is 230 g/mol. The van der Waals surface area contributed by atoms with Crippen LogP contribution in [0.15, 0.2) is 36.4 Å². The van der Waals surface area contributed by atoms with Crippen molar-refractivity contribution in [2.24, 2.45) is 0 Å². The zero-order valence-corrected chi connectivity index (χ0v) is 9.77. The lowest BCUT2D eigenvalue weighted by Crippen LogP contribution is -1.88. The lowest BCUT2D eigenvalue weighted by molar-refractivity contribution is 0.409. The normalized spacial score (nSPS) is 10.2. The minimum atomic E-state index is 0.0934. The third-order valence-corrected chi connectivity index (χ3v) is 2.56. The summed E-state index contributed by atoms with van der Waals surface area (Å²) >= 11 is 0. The van der Waals surface area contributed by atoms with Crippen molar-refractivity contribution >= 4 is 0 Å². The number of aryl methyl sites for hydroxylation is 2. The molecule has 2 rings (SSSR count). The van der Waals surface area contributed by atoms with E-state index in [0.29, 0.717) is 11.5 Å². The molecule has 0 radical (unpaired) electrons. The van der Waals surface area contributed by atoms with Crippen molar-refractivity contribution in [3.63, 3.8) is 0 Å². The van der Waals surface area contributed by atoms with Crippen molar-refractivity contribution in [2.75, 3.05) is 0 Å². The van der Waals surface area contributed by atoms with Crippen LogP contribution in [0.25, 0.3) is 0 Å². The van der Waals surface area contributed by atoms with E-state index >= 15 is 0 Å². The summed E-state index contributed by atoms with van der Waals surface area (Å²) in [6.45, 7) is 3.61. The Morgan fingerprint density at radius 2 is 1.53 bits per heavy atom. The summed E-state index contributed by atoms with van der Waals surface area (Å²) in [6, 6.07) is 10.2. The Balaban J connectivity index is 2.34. The molecular weight excluding hydrogens is 216 g/mol. The summed E-state index contributed by atoms with van der Waals surface area (Å²) in [7, 11) is 0. The van der Waals surface area contributed by atoms with Crippen LogP contribution in [0.4, 0.5) is 0 Å². The van der Waals surface area contributed by atoms with Crippen molar-refractivity contribution in [3.8, 4) is 23.0 Å². The number of hydrogen-bond acceptors (Lipinski definition) is 3. The summed E-state index contributed by atoms with van der Waals surface area (Å²) in [6.07, 6.45) is 0. The van der Waals surface area contributed by atoms with E-state index in [2.05, 4.69) is 0 Å². The molecule has 3 nitrogen and oxygen atoms in total. The summed E-state index contributed by atoms with van der Waals surface area (Å²) in [5.41, 5.74) is 1.49. The minimum Gasteiger partial charge on any atom is -0.507 e. The first kappa shape index (κ1) is 11.3. The molecule has 88 valence electrons. The van der Waals surface area contributed by atoms with Gasteiger partial charge in [-0.05, 0) is 49.2 Å². The Morgan fingerprint density at radius 1 is 0.941 bits per heavy atom. The number of benzene rings is 2. The highest BCUT2D eigenvalue weighted by Crippen LogP contribution is 2.33. The van der Waals surface area contributed by atoms with Crippen LogP contribution in [-0.2, 0) is 0 Å². The van der Waals surface area contributed by atoms with Crippen molar-refractivity contribution in [1.29, 1.82) is 0 Å². The maximum atomic E-state index is 9.65. The van der Waals surface area contributed by atoms with Gasteiger partial charge in [0.25, 0.3) is 0 Å². The molecule has 17 heavy (non-hydrogen) atoms. The van der Waals surface area contributed by atoms with E-state index < -0.39 is 0 Å². The lowest BCUT2D eigenvalue weighted by Gasteiger charge is -2.10. The van der Waals surface area contributed by atoms with Crippen LogP contribution in [0.2, 0.25) is 0 Å². The van der Waals surface area contributed by atoms with Gasteiger partial charge in [-0.3, -0.25) is 0 Å². The van der Waals surface area contributed by atoms with Crippen LogP contribution < -0.4 is 4.74 Å². The van der Waals surface area contributed by atoms with E-state index in [1.165, 1.54) is 0 Å². The maximum Gasteiger partial charge on any atom is 0.169 e. The maximum absolute atomic E-state index is 9.65. The predicted octanol–water partition coefficient (Wildman–Crippen LogP) is 3.51. The molecule has 0 amide bonds. The number of aromatic hydroxyl groups is 2. The van der Waals surface area contributed by atoms with Crippen LogP contribution in [0.5, 0.6) is 23.0 Å². The predicted molar refractivity (Wildman–Crippen MR) is 65.8 cm³/mol. The van der Waals surface area contributed by atoms with Gasteiger partial charge in [0.1, 0.15) is 11.5 Å². The lowest BCUT2D eigenvalue weighted by atomic mass is 10.1. The van der Waals surface area contributed by atoms with Crippen LogP contribution >= 0.6 is 0 Å². The molecule has 0 bridgehead atoms. The minimum absolute atomic E-state index is 0.0934. The first-order valence-corrected chi connectivity index (χ1v) is 5.34. The van der Waals surface area contributed by atoms with Gasteiger partial charge >= 0.3 is 0 Å². The van der Waals surface area contributed by atoms with Crippen molar-refractivity contribution < 1.29 is 14.9 Å². The molecule has 0 aliphatic rings. The molecule has 2 N–H and O–H groups in total. The van der Waals surface area contributed by atoms with Crippen LogP contribution in [0, 0.1) is 13.8 Å². The highest BCUT2D eigenvalue weighted by Gasteiger charge is 2.07. The summed E-state index contributed by atoms with van der Waals surface area (Å²) in [5.74, 6) is 1.36. The molecule has 3 heteroatoms. The number of phenols is 2. The average Bonchev–Trinajstić information content (AvgIpc) is 2.29. The fourth-order valence-electron chi connectivity index (χ4n) is 1.65. The summed E-state index contributed by atoms with van der Waals surface area (Å²) in [5, 5.41) is 19.2. The van der Waals surface area contributed by atoms with E-state index in [0.717, 1.165) is 11.1 Å². The Morgan fingerprint density at radius 3 is 2.12 bits per heavy atom. The molecule has 0 aromatic heterocycles. The number of hydrogen-bond donors (Lipinski definition) is 2. The molecule has 2 aromatic carbocycles. The van der Waals surface area contributed by atoms with E-state index in [1.54, 1.807) is 50.2 Å². The number of para-hydroxylation sites is 2. The van der Waals surface area contributed by atoms with Crippen molar-refractivity contribution in [2.45, 2.75) is 13.8 Å². The molecule has 0 aliphatic heterocycles. The van der Waals surface area contributed by atoms with E-state index in [4.69, 9.17) is 4.74 Å². The van der Waals surface area contributed by atoms with E-state index in [9.17, 15) is 10.2 Å². The second kappa shape index (κ2) is 4.37. The van der Waals surface area contributed by atoms with Gasteiger partial charge < -0.3 is 14.9 Å². The quantitative estimate of drug-likeness (QED) is 0.830. The molecule has 0 aliphatic carbocycles.